The molecule has 0 radical (unpaired) electrons. The van der Waals surface area contributed by atoms with Crippen LogP contribution in [-0.4, -0.2) is 23.6 Å². The molecule has 0 aromatic carbocycles. The van der Waals surface area contributed by atoms with Gasteiger partial charge in [-0.3, -0.25) is 0 Å². The number of thioether (sulfide) groups is 1. The van der Waals surface area contributed by atoms with Crippen molar-refractivity contribution in [2.24, 2.45) is 5.92 Å². The van der Waals surface area contributed by atoms with Crippen LogP contribution in [0.3, 0.4) is 0 Å². The van der Waals surface area contributed by atoms with E-state index in [4.69, 9.17) is 0 Å². The molecule has 0 aromatic heterocycles. The molecular weight excluding hydrogens is 238 g/mol. The number of nitrogens with one attached hydrogen (secondary N) is 1. The van der Waals surface area contributed by atoms with E-state index in [-0.39, 0.29) is 0 Å². The second-order valence-corrected chi connectivity index (χ2v) is 7.53. The van der Waals surface area contributed by atoms with Crippen LogP contribution in [0.2, 0.25) is 0 Å². The van der Waals surface area contributed by atoms with Crippen molar-refractivity contribution in [1.82, 2.24) is 5.32 Å². The zero-order valence-corrected chi connectivity index (χ0v) is 12.9. The Hall–Kier alpha value is 0.310. The zero-order valence-electron chi connectivity index (χ0n) is 12.1. The van der Waals surface area contributed by atoms with Gasteiger partial charge in [0.15, 0.2) is 0 Å². The van der Waals surface area contributed by atoms with Crippen LogP contribution in [0.25, 0.3) is 0 Å². The summed E-state index contributed by atoms with van der Waals surface area (Å²) in [5, 5.41) is 4.81. The Morgan fingerprint density at radius 3 is 2.33 bits per heavy atom. The lowest BCUT2D eigenvalue weighted by molar-refractivity contribution is 0.387. The van der Waals surface area contributed by atoms with Crippen LogP contribution in [0, 0.1) is 5.92 Å². The van der Waals surface area contributed by atoms with Crippen molar-refractivity contribution in [3.05, 3.63) is 0 Å². The number of hydrogen-bond acceptors (Lipinski definition) is 2. The van der Waals surface area contributed by atoms with E-state index in [1.807, 2.05) is 0 Å². The van der Waals surface area contributed by atoms with Crippen LogP contribution < -0.4 is 5.32 Å². The minimum atomic E-state index is 0.805. The number of rotatable bonds is 7. The summed E-state index contributed by atoms with van der Waals surface area (Å²) >= 11 is 2.28. The molecule has 106 valence electrons. The first kappa shape index (κ1) is 14.7. The summed E-state index contributed by atoms with van der Waals surface area (Å²) in [6.07, 6.45) is 14.6. The molecule has 1 unspecified atom stereocenters. The fraction of sp³-hybridized carbons (Fsp3) is 1.00. The second kappa shape index (κ2) is 8.47. The van der Waals surface area contributed by atoms with Crippen LogP contribution in [0.4, 0.5) is 0 Å². The van der Waals surface area contributed by atoms with Gasteiger partial charge < -0.3 is 5.32 Å². The van der Waals surface area contributed by atoms with Gasteiger partial charge >= 0.3 is 0 Å². The van der Waals surface area contributed by atoms with Gasteiger partial charge in [0.05, 0.1) is 0 Å². The first-order valence-electron chi connectivity index (χ1n) is 8.25. The minimum Gasteiger partial charge on any atom is -0.313 e. The van der Waals surface area contributed by atoms with Gasteiger partial charge in [0.25, 0.3) is 0 Å². The molecule has 0 amide bonds. The molecule has 2 aliphatic carbocycles. The molecule has 1 nitrogen and oxygen atoms in total. The lowest BCUT2D eigenvalue weighted by Gasteiger charge is -2.28. The highest BCUT2D eigenvalue weighted by Gasteiger charge is 2.25. The van der Waals surface area contributed by atoms with Gasteiger partial charge in [0.2, 0.25) is 0 Å². The molecule has 18 heavy (non-hydrogen) atoms. The minimum absolute atomic E-state index is 0.805. The maximum absolute atomic E-state index is 3.83. The van der Waals surface area contributed by atoms with E-state index < -0.39 is 0 Å². The predicted octanol–water partition coefficient (Wildman–Crippen LogP) is 4.61. The van der Waals surface area contributed by atoms with Crippen molar-refractivity contribution >= 4 is 11.8 Å². The molecule has 0 aromatic rings. The van der Waals surface area contributed by atoms with Gasteiger partial charge in [0.1, 0.15) is 0 Å². The molecule has 0 spiro atoms. The SMILES string of the molecule is CCCNC(CSC1CCCCC1)C1CCCC1. The Bertz CT molecular complexity index is 207. The fourth-order valence-corrected chi connectivity index (χ4v) is 5.06. The molecule has 2 heteroatoms. The third-order valence-corrected chi connectivity index (χ3v) is 6.18. The molecule has 1 N–H and O–H groups in total. The highest BCUT2D eigenvalue weighted by atomic mass is 32.2. The topological polar surface area (TPSA) is 12.0 Å². The molecular formula is C16H31NS. The average Bonchev–Trinajstić information content (AvgIpc) is 2.94. The van der Waals surface area contributed by atoms with E-state index in [0.29, 0.717) is 0 Å². The summed E-state index contributed by atoms with van der Waals surface area (Å²) in [7, 11) is 0. The summed E-state index contributed by atoms with van der Waals surface area (Å²) in [5.41, 5.74) is 0. The fourth-order valence-electron chi connectivity index (χ4n) is 3.52. The lowest BCUT2D eigenvalue weighted by Crippen LogP contribution is -2.38. The van der Waals surface area contributed by atoms with Crippen molar-refractivity contribution in [3.63, 3.8) is 0 Å². The monoisotopic (exact) mass is 269 g/mol. The van der Waals surface area contributed by atoms with Crippen LogP contribution in [0.15, 0.2) is 0 Å². The van der Waals surface area contributed by atoms with Gasteiger partial charge in [-0.05, 0) is 44.6 Å². The van der Waals surface area contributed by atoms with E-state index in [1.54, 1.807) is 0 Å². The highest BCUT2D eigenvalue weighted by molar-refractivity contribution is 7.99. The lowest BCUT2D eigenvalue weighted by atomic mass is 9.99. The molecule has 0 bridgehead atoms. The molecule has 2 saturated carbocycles. The van der Waals surface area contributed by atoms with Gasteiger partial charge in [0, 0.05) is 17.0 Å². The number of hydrogen-bond donors (Lipinski definition) is 1. The van der Waals surface area contributed by atoms with Gasteiger partial charge in [-0.15, -0.1) is 0 Å². The van der Waals surface area contributed by atoms with Crippen LogP contribution in [0.1, 0.15) is 71.1 Å². The second-order valence-electron chi connectivity index (χ2n) is 6.20. The Morgan fingerprint density at radius 1 is 1.00 bits per heavy atom. The predicted molar refractivity (Wildman–Crippen MR) is 83.4 cm³/mol. The van der Waals surface area contributed by atoms with Gasteiger partial charge in [-0.2, -0.15) is 11.8 Å². The normalized spacial score (nSPS) is 24.5. The van der Waals surface area contributed by atoms with E-state index in [1.165, 1.54) is 76.5 Å². The third kappa shape index (κ3) is 4.77. The standard InChI is InChI=1S/C16H31NS/c1-2-12-17-16(14-8-6-7-9-14)13-18-15-10-4-3-5-11-15/h14-17H,2-13H2,1H3. The van der Waals surface area contributed by atoms with Crippen molar-refractivity contribution in [3.8, 4) is 0 Å². The average molecular weight is 269 g/mol. The molecule has 2 fully saturated rings. The van der Waals surface area contributed by atoms with Crippen molar-refractivity contribution in [1.29, 1.82) is 0 Å². The summed E-state index contributed by atoms with van der Waals surface area (Å²) in [6, 6.07) is 0.805. The van der Waals surface area contributed by atoms with E-state index in [9.17, 15) is 0 Å². The van der Waals surface area contributed by atoms with Crippen LogP contribution >= 0.6 is 11.8 Å². The Labute approximate surface area is 118 Å². The van der Waals surface area contributed by atoms with Crippen molar-refractivity contribution < 1.29 is 0 Å². The van der Waals surface area contributed by atoms with Crippen LogP contribution in [0.5, 0.6) is 0 Å². The Balaban J connectivity index is 1.72. The molecule has 0 heterocycles. The summed E-state index contributed by atoms with van der Waals surface area (Å²) in [6.45, 7) is 3.50. The van der Waals surface area contributed by atoms with E-state index in [2.05, 4.69) is 24.0 Å². The van der Waals surface area contributed by atoms with Gasteiger partial charge in [-0.25, -0.2) is 0 Å². The van der Waals surface area contributed by atoms with Gasteiger partial charge in [-0.1, -0.05) is 39.0 Å². The highest BCUT2D eigenvalue weighted by Crippen LogP contribution is 2.33. The Kier molecular flexibility index (Phi) is 6.93. The summed E-state index contributed by atoms with van der Waals surface area (Å²) in [4.78, 5) is 0. The maximum atomic E-state index is 3.83. The van der Waals surface area contributed by atoms with Crippen LogP contribution in [-0.2, 0) is 0 Å². The quantitative estimate of drug-likeness (QED) is 0.724. The summed E-state index contributed by atoms with van der Waals surface area (Å²) in [5.74, 6) is 2.35. The summed E-state index contributed by atoms with van der Waals surface area (Å²) < 4.78 is 0. The molecule has 2 aliphatic rings. The molecule has 0 aliphatic heterocycles. The van der Waals surface area contributed by atoms with Crippen molar-refractivity contribution in [2.45, 2.75) is 82.4 Å². The Morgan fingerprint density at radius 2 is 1.67 bits per heavy atom. The molecule has 2 rings (SSSR count). The molecule has 1 atom stereocenters. The first-order chi connectivity index (χ1) is 8.90. The first-order valence-corrected chi connectivity index (χ1v) is 9.30. The largest absolute Gasteiger partial charge is 0.313 e. The third-order valence-electron chi connectivity index (χ3n) is 4.69. The van der Waals surface area contributed by atoms with E-state index in [0.717, 1.165) is 17.2 Å². The zero-order chi connectivity index (χ0) is 12.6. The smallest absolute Gasteiger partial charge is 0.0186 e. The maximum Gasteiger partial charge on any atom is 0.0186 e. The van der Waals surface area contributed by atoms with Crippen molar-refractivity contribution in [2.75, 3.05) is 12.3 Å². The molecule has 0 saturated heterocycles. The van der Waals surface area contributed by atoms with E-state index >= 15 is 0 Å².